The van der Waals surface area contributed by atoms with Gasteiger partial charge in [0, 0.05) is 11.4 Å². The fraction of sp³-hybridized carbons (Fsp3) is 0.0714. The van der Waals surface area contributed by atoms with Crippen molar-refractivity contribution in [3.63, 3.8) is 0 Å². The molecule has 0 unspecified atom stereocenters. The second kappa shape index (κ2) is 4.79. The van der Waals surface area contributed by atoms with Crippen LogP contribution in [0, 0.1) is 18.3 Å². The number of aromatic amines is 1. The van der Waals surface area contributed by atoms with Crippen LogP contribution in [-0.2, 0) is 0 Å². The molecular weight excluding hydrogens is 272 g/mol. The smallest absolute Gasteiger partial charge is 0.219 e. The minimum absolute atomic E-state index is 0.146. The van der Waals surface area contributed by atoms with Gasteiger partial charge in [0.15, 0.2) is 10.8 Å². The van der Waals surface area contributed by atoms with Crippen molar-refractivity contribution < 1.29 is 0 Å². The number of aromatic nitrogens is 2. The topological polar surface area (TPSA) is 81.6 Å². The first-order valence-electron chi connectivity index (χ1n) is 5.94. The molecule has 0 amide bonds. The first-order chi connectivity index (χ1) is 9.69. The van der Waals surface area contributed by atoms with Gasteiger partial charge in [-0.1, -0.05) is 29.5 Å². The lowest BCUT2D eigenvalue weighted by molar-refractivity contribution is 1.19. The molecule has 6 heteroatoms. The maximum atomic E-state index is 12.1. The first kappa shape index (κ1) is 12.4. The average molecular weight is 282 g/mol. The highest BCUT2D eigenvalue weighted by Gasteiger charge is 2.13. The van der Waals surface area contributed by atoms with Gasteiger partial charge in [0.25, 0.3) is 0 Å². The van der Waals surface area contributed by atoms with Gasteiger partial charge < -0.3 is 10.3 Å². The Balaban J connectivity index is 2.10. The molecule has 0 aliphatic heterocycles. The van der Waals surface area contributed by atoms with Crippen molar-refractivity contribution in [2.24, 2.45) is 0 Å². The van der Waals surface area contributed by atoms with Gasteiger partial charge in [0.05, 0.1) is 0 Å². The molecule has 0 bridgehead atoms. The number of pyridine rings is 1. The Kier molecular flexibility index (Phi) is 2.97. The molecule has 1 aromatic carbocycles. The zero-order valence-corrected chi connectivity index (χ0v) is 11.4. The molecular formula is C14H10N4OS. The molecule has 2 aromatic heterocycles. The van der Waals surface area contributed by atoms with E-state index in [0.29, 0.717) is 21.2 Å². The number of hydrogen-bond donors (Lipinski definition) is 2. The van der Waals surface area contributed by atoms with Crippen molar-refractivity contribution in [3.05, 3.63) is 51.8 Å². The number of nitriles is 1. The van der Waals surface area contributed by atoms with Crippen molar-refractivity contribution in [2.75, 3.05) is 5.32 Å². The summed E-state index contributed by atoms with van der Waals surface area (Å²) in [5.41, 5.74) is 1.83. The van der Waals surface area contributed by atoms with Crippen molar-refractivity contribution in [1.29, 1.82) is 5.26 Å². The van der Waals surface area contributed by atoms with E-state index in [0.717, 1.165) is 5.69 Å². The van der Waals surface area contributed by atoms with E-state index >= 15 is 0 Å². The maximum Gasteiger partial charge on any atom is 0.219 e. The van der Waals surface area contributed by atoms with Crippen molar-refractivity contribution in [2.45, 2.75) is 6.92 Å². The Bertz CT molecular complexity index is 874. The van der Waals surface area contributed by atoms with Crippen LogP contribution in [0.5, 0.6) is 0 Å². The number of para-hydroxylation sites is 1. The van der Waals surface area contributed by atoms with Crippen LogP contribution in [0.25, 0.3) is 10.3 Å². The lowest BCUT2D eigenvalue weighted by Crippen LogP contribution is -2.08. The quantitative estimate of drug-likeness (QED) is 0.757. The van der Waals surface area contributed by atoms with E-state index in [2.05, 4.69) is 15.3 Å². The van der Waals surface area contributed by atoms with E-state index in [9.17, 15) is 4.79 Å². The Morgan fingerprint density at radius 2 is 2.10 bits per heavy atom. The van der Waals surface area contributed by atoms with Crippen molar-refractivity contribution in [1.82, 2.24) is 9.97 Å². The molecule has 98 valence electrons. The Hall–Kier alpha value is -2.65. The summed E-state index contributed by atoms with van der Waals surface area (Å²) in [5, 5.41) is 12.8. The van der Waals surface area contributed by atoms with Gasteiger partial charge in [-0.15, -0.1) is 0 Å². The standard InChI is InChI=1S/C14H10N4OS/c1-8-10(7-15)11(19)12-13(16-8)18-14(20-12)17-9-5-3-2-4-6-9/h2-6H,1H3,(H2,16,17,18,19). The van der Waals surface area contributed by atoms with E-state index < -0.39 is 0 Å². The van der Waals surface area contributed by atoms with Gasteiger partial charge in [0.2, 0.25) is 5.43 Å². The minimum Gasteiger partial charge on any atom is -0.341 e. The van der Waals surface area contributed by atoms with E-state index in [-0.39, 0.29) is 11.0 Å². The molecule has 3 aromatic rings. The monoisotopic (exact) mass is 282 g/mol. The highest BCUT2D eigenvalue weighted by atomic mass is 32.1. The summed E-state index contributed by atoms with van der Waals surface area (Å²) in [4.78, 5) is 19.5. The molecule has 0 atom stereocenters. The number of nitrogens with one attached hydrogen (secondary N) is 2. The van der Waals surface area contributed by atoms with Crippen LogP contribution in [0.3, 0.4) is 0 Å². The third kappa shape index (κ3) is 2.04. The Morgan fingerprint density at radius 3 is 2.80 bits per heavy atom. The van der Waals surface area contributed by atoms with Crippen LogP contribution in [-0.4, -0.2) is 9.97 Å². The second-order valence-corrected chi connectivity index (χ2v) is 5.25. The van der Waals surface area contributed by atoms with Crippen LogP contribution < -0.4 is 10.7 Å². The summed E-state index contributed by atoms with van der Waals surface area (Å²) in [7, 11) is 0. The Labute approximate surface area is 118 Å². The zero-order chi connectivity index (χ0) is 14.1. The van der Waals surface area contributed by atoms with E-state index in [1.165, 1.54) is 11.3 Å². The minimum atomic E-state index is -0.266. The summed E-state index contributed by atoms with van der Waals surface area (Å²) >= 11 is 1.24. The van der Waals surface area contributed by atoms with Gasteiger partial charge in [-0.25, -0.2) is 4.98 Å². The molecule has 0 saturated carbocycles. The van der Waals surface area contributed by atoms with Gasteiger partial charge in [-0.3, -0.25) is 4.79 Å². The number of fused-ring (bicyclic) bond motifs is 1. The lowest BCUT2D eigenvalue weighted by atomic mass is 10.2. The second-order valence-electron chi connectivity index (χ2n) is 4.25. The zero-order valence-electron chi connectivity index (χ0n) is 10.6. The molecule has 0 spiro atoms. The molecule has 0 aliphatic carbocycles. The van der Waals surface area contributed by atoms with Gasteiger partial charge in [0.1, 0.15) is 16.3 Å². The number of H-pyrrole nitrogens is 1. The van der Waals surface area contributed by atoms with Crippen LogP contribution in [0.4, 0.5) is 10.8 Å². The summed E-state index contributed by atoms with van der Waals surface area (Å²) in [5.74, 6) is 0. The molecule has 0 radical (unpaired) electrons. The molecule has 3 rings (SSSR count). The number of aryl methyl sites for hydroxylation is 1. The van der Waals surface area contributed by atoms with E-state index in [1.807, 2.05) is 36.4 Å². The van der Waals surface area contributed by atoms with Gasteiger partial charge in [-0.05, 0) is 19.1 Å². The molecule has 0 fully saturated rings. The number of nitrogens with zero attached hydrogens (tertiary/aromatic N) is 2. The number of thiazole rings is 1. The normalized spacial score (nSPS) is 10.4. The van der Waals surface area contributed by atoms with Crippen LogP contribution >= 0.6 is 11.3 Å². The fourth-order valence-corrected chi connectivity index (χ4v) is 2.80. The number of rotatable bonds is 2. The van der Waals surface area contributed by atoms with E-state index in [4.69, 9.17) is 5.26 Å². The van der Waals surface area contributed by atoms with Crippen LogP contribution in [0.2, 0.25) is 0 Å². The molecule has 0 aliphatic rings. The van der Waals surface area contributed by atoms with Crippen LogP contribution in [0.1, 0.15) is 11.3 Å². The molecule has 5 nitrogen and oxygen atoms in total. The third-order valence-electron chi connectivity index (χ3n) is 2.88. The molecule has 2 N–H and O–H groups in total. The number of benzene rings is 1. The Morgan fingerprint density at radius 1 is 1.35 bits per heavy atom. The van der Waals surface area contributed by atoms with E-state index in [1.54, 1.807) is 6.92 Å². The largest absolute Gasteiger partial charge is 0.341 e. The summed E-state index contributed by atoms with van der Waals surface area (Å²) < 4.78 is 0.464. The van der Waals surface area contributed by atoms with Gasteiger partial charge in [-0.2, -0.15) is 5.26 Å². The van der Waals surface area contributed by atoms with Crippen LogP contribution in [0.15, 0.2) is 35.1 Å². The predicted molar refractivity (Wildman–Crippen MR) is 79.4 cm³/mol. The van der Waals surface area contributed by atoms with Gasteiger partial charge >= 0.3 is 0 Å². The summed E-state index contributed by atoms with van der Waals surface area (Å²) in [6.45, 7) is 1.70. The highest BCUT2D eigenvalue weighted by Crippen LogP contribution is 2.25. The maximum absolute atomic E-state index is 12.1. The number of anilines is 2. The summed E-state index contributed by atoms with van der Waals surface area (Å²) in [6, 6.07) is 11.5. The predicted octanol–water partition coefficient (Wildman–Crippen LogP) is 2.91. The SMILES string of the molecule is Cc1[nH]c2nc(Nc3ccccc3)sc2c(=O)c1C#N. The molecule has 20 heavy (non-hydrogen) atoms. The first-order valence-corrected chi connectivity index (χ1v) is 6.76. The fourth-order valence-electron chi connectivity index (χ4n) is 1.92. The average Bonchev–Trinajstić information content (AvgIpc) is 2.83. The van der Waals surface area contributed by atoms with Crippen molar-refractivity contribution in [3.8, 4) is 6.07 Å². The van der Waals surface area contributed by atoms with Crippen molar-refractivity contribution >= 4 is 32.5 Å². The number of hydrogen-bond acceptors (Lipinski definition) is 5. The molecule has 0 saturated heterocycles. The summed E-state index contributed by atoms with van der Waals surface area (Å²) in [6.07, 6.45) is 0. The third-order valence-corrected chi connectivity index (χ3v) is 3.85. The molecule has 2 heterocycles. The lowest BCUT2D eigenvalue weighted by Gasteiger charge is -1.99. The highest BCUT2D eigenvalue weighted by molar-refractivity contribution is 7.22.